The average Bonchev–Trinajstić information content (AvgIpc) is 2.33. The molecule has 1 aromatic rings. The van der Waals surface area contributed by atoms with Gasteiger partial charge in [-0.25, -0.2) is 5.43 Å². The predicted octanol–water partition coefficient (Wildman–Crippen LogP) is -0.604. The van der Waals surface area contributed by atoms with Gasteiger partial charge in [0.1, 0.15) is 6.10 Å². The molecule has 2 unspecified atom stereocenters. The van der Waals surface area contributed by atoms with Crippen molar-refractivity contribution >= 4 is 0 Å². The number of hydrogen-bond acceptors (Lipinski definition) is 6. The number of nitrogens with two attached hydrogens (primary N) is 1. The molecule has 6 nitrogen and oxygen atoms in total. The van der Waals surface area contributed by atoms with Crippen molar-refractivity contribution in [1.29, 1.82) is 0 Å². The van der Waals surface area contributed by atoms with Crippen LogP contribution in [-0.2, 0) is 9.47 Å². The van der Waals surface area contributed by atoms with E-state index >= 15 is 0 Å². The summed E-state index contributed by atoms with van der Waals surface area (Å²) in [4.78, 5) is 8.18. The molecular formula is C9H14N4O2. The van der Waals surface area contributed by atoms with Crippen molar-refractivity contribution in [2.45, 2.75) is 12.1 Å². The minimum atomic E-state index is -0.181. The monoisotopic (exact) mass is 210 g/mol. The van der Waals surface area contributed by atoms with Crippen LogP contribution >= 0.6 is 0 Å². The van der Waals surface area contributed by atoms with E-state index in [0.29, 0.717) is 19.8 Å². The maximum atomic E-state index is 5.55. The van der Waals surface area contributed by atoms with Crippen LogP contribution < -0.4 is 11.3 Å². The molecule has 6 heteroatoms. The van der Waals surface area contributed by atoms with E-state index in [-0.39, 0.29) is 12.1 Å². The van der Waals surface area contributed by atoms with Crippen LogP contribution in [0.2, 0.25) is 0 Å². The van der Waals surface area contributed by atoms with Gasteiger partial charge in [0.2, 0.25) is 0 Å². The molecule has 0 amide bonds. The highest BCUT2D eigenvalue weighted by molar-refractivity contribution is 5.04. The molecule has 0 spiro atoms. The normalized spacial score (nSPS) is 23.7. The molecule has 15 heavy (non-hydrogen) atoms. The third kappa shape index (κ3) is 2.48. The van der Waals surface area contributed by atoms with Crippen molar-refractivity contribution in [3.05, 3.63) is 24.3 Å². The van der Waals surface area contributed by atoms with Crippen LogP contribution in [0.25, 0.3) is 0 Å². The smallest absolute Gasteiger partial charge is 0.103 e. The first-order valence-corrected chi connectivity index (χ1v) is 4.83. The van der Waals surface area contributed by atoms with Crippen LogP contribution in [0.15, 0.2) is 18.6 Å². The van der Waals surface area contributed by atoms with Crippen molar-refractivity contribution in [2.75, 3.05) is 19.8 Å². The first-order chi connectivity index (χ1) is 7.42. The average molecular weight is 210 g/mol. The number of nitrogens with zero attached hydrogens (tertiary/aromatic N) is 2. The Morgan fingerprint density at radius 3 is 3.00 bits per heavy atom. The molecule has 0 aromatic carbocycles. The summed E-state index contributed by atoms with van der Waals surface area (Å²) in [5.74, 6) is 5.48. The van der Waals surface area contributed by atoms with E-state index in [0.717, 1.165) is 5.69 Å². The van der Waals surface area contributed by atoms with Crippen LogP contribution in [-0.4, -0.2) is 35.9 Å². The van der Waals surface area contributed by atoms with Crippen LogP contribution in [0.1, 0.15) is 11.7 Å². The Hall–Kier alpha value is -1.08. The van der Waals surface area contributed by atoms with E-state index in [1.807, 2.05) is 0 Å². The Kier molecular flexibility index (Phi) is 3.57. The highest BCUT2D eigenvalue weighted by Crippen LogP contribution is 2.17. The molecule has 3 N–H and O–H groups in total. The molecule has 1 saturated heterocycles. The molecule has 1 aliphatic rings. The molecule has 82 valence electrons. The van der Waals surface area contributed by atoms with Crippen LogP contribution in [0.5, 0.6) is 0 Å². The number of hydrazine groups is 1. The van der Waals surface area contributed by atoms with Gasteiger partial charge in [-0.1, -0.05) is 0 Å². The Bertz CT molecular complexity index is 289. The van der Waals surface area contributed by atoms with Gasteiger partial charge in [-0.15, -0.1) is 0 Å². The summed E-state index contributed by atoms with van der Waals surface area (Å²) in [5.41, 5.74) is 3.44. The third-order valence-electron chi connectivity index (χ3n) is 2.29. The first kappa shape index (κ1) is 10.4. The van der Waals surface area contributed by atoms with E-state index in [1.54, 1.807) is 18.6 Å². The Labute approximate surface area is 87.8 Å². The lowest BCUT2D eigenvalue weighted by atomic mass is 10.1. The largest absolute Gasteiger partial charge is 0.376 e. The van der Waals surface area contributed by atoms with Gasteiger partial charge in [0, 0.05) is 12.4 Å². The molecule has 0 saturated carbocycles. The van der Waals surface area contributed by atoms with Crippen molar-refractivity contribution in [3.8, 4) is 0 Å². The van der Waals surface area contributed by atoms with Crippen molar-refractivity contribution in [3.63, 3.8) is 0 Å². The zero-order chi connectivity index (χ0) is 10.5. The maximum Gasteiger partial charge on any atom is 0.103 e. The van der Waals surface area contributed by atoms with Gasteiger partial charge in [-0.05, 0) is 0 Å². The predicted molar refractivity (Wildman–Crippen MR) is 52.7 cm³/mol. The zero-order valence-electron chi connectivity index (χ0n) is 8.30. The number of nitrogens with one attached hydrogen (secondary N) is 1. The SMILES string of the molecule is NNC(c1cnccn1)C1COCCO1. The number of hydrogen-bond donors (Lipinski definition) is 2. The second-order valence-electron chi connectivity index (χ2n) is 3.26. The van der Waals surface area contributed by atoms with E-state index in [1.165, 1.54) is 0 Å². The van der Waals surface area contributed by atoms with Gasteiger partial charge in [-0.2, -0.15) is 0 Å². The summed E-state index contributed by atoms with van der Waals surface area (Å²) in [6.07, 6.45) is 4.81. The molecule has 1 aromatic heterocycles. The molecule has 2 rings (SSSR count). The highest BCUT2D eigenvalue weighted by Gasteiger charge is 2.26. The first-order valence-electron chi connectivity index (χ1n) is 4.83. The molecule has 2 heterocycles. The van der Waals surface area contributed by atoms with Crippen LogP contribution in [0, 0.1) is 0 Å². The summed E-state index contributed by atoms with van der Waals surface area (Å²) in [6.45, 7) is 1.74. The number of aromatic nitrogens is 2. The van der Waals surface area contributed by atoms with E-state index < -0.39 is 0 Å². The third-order valence-corrected chi connectivity index (χ3v) is 2.29. The van der Waals surface area contributed by atoms with Gasteiger partial charge in [0.25, 0.3) is 0 Å². The maximum absolute atomic E-state index is 5.55. The van der Waals surface area contributed by atoms with Crippen molar-refractivity contribution in [1.82, 2.24) is 15.4 Å². The van der Waals surface area contributed by atoms with E-state index in [9.17, 15) is 0 Å². The van der Waals surface area contributed by atoms with Gasteiger partial charge < -0.3 is 9.47 Å². The van der Waals surface area contributed by atoms with Gasteiger partial charge >= 0.3 is 0 Å². The lowest BCUT2D eigenvalue weighted by Gasteiger charge is -2.29. The molecular weight excluding hydrogens is 196 g/mol. The van der Waals surface area contributed by atoms with Crippen LogP contribution in [0.4, 0.5) is 0 Å². The summed E-state index contributed by atoms with van der Waals surface area (Å²) < 4.78 is 10.9. The molecule has 1 fully saturated rings. The summed E-state index contributed by atoms with van der Waals surface area (Å²) in [6, 6.07) is -0.181. The molecule has 0 bridgehead atoms. The van der Waals surface area contributed by atoms with Crippen molar-refractivity contribution in [2.24, 2.45) is 5.84 Å². The van der Waals surface area contributed by atoms with Crippen molar-refractivity contribution < 1.29 is 9.47 Å². The highest BCUT2D eigenvalue weighted by atomic mass is 16.6. The standard InChI is InChI=1S/C9H14N4O2/c10-13-9(7-5-11-1-2-12-7)8-6-14-3-4-15-8/h1-2,5,8-9,13H,3-4,6,10H2. The number of rotatable bonds is 3. The lowest BCUT2D eigenvalue weighted by molar-refractivity contribution is -0.103. The number of ether oxygens (including phenoxy) is 2. The summed E-state index contributed by atoms with van der Waals surface area (Å²) in [7, 11) is 0. The van der Waals surface area contributed by atoms with Gasteiger partial charge in [0.15, 0.2) is 0 Å². The Balaban J connectivity index is 2.09. The lowest BCUT2D eigenvalue weighted by Crippen LogP contribution is -2.43. The molecule has 2 atom stereocenters. The summed E-state index contributed by atoms with van der Waals surface area (Å²) in [5, 5.41) is 0. The fourth-order valence-corrected chi connectivity index (χ4v) is 1.55. The molecule has 0 aliphatic carbocycles. The molecule has 0 radical (unpaired) electrons. The zero-order valence-corrected chi connectivity index (χ0v) is 8.30. The second kappa shape index (κ2) is 5.13. The Morgan fingerprint density at radius 1 is 1.47 bits per heavy atom. The summed E-state index contributed by atoms with van der Waals surface area (Å²) >= 11 is 0. The minimum absolute atomic E-state index is 0.111. The van der Waals surface area contributed by atoms with Gasteiger partial charge in [-0.3, -0.25) is 15.8 Å². The van der Waals surface area contributed by atoms with Crippen LogP contribution in [0.3, 0.4) is 0 Å². The fraction of sp³-hybridized carbons (Fsp3) is 0.556. The minimum Gasteiger partial charge on any atom is -0.376 e. The topological polar surface area (TPSA) is 82.3 Å². The fourth-order valence-electron chi connectivity index (χ4n) is 1.55. The Morgan fingerprint density at radius 2 is 2.40 bits per heavy atom. The van der Waals surface area contributed by atoms with E-state index in [2.05, 4.69) is 15.4 Å². The van der Waals surface area contributed by atoms with E-state index in [4.69, 9.17) is 15.3 Å². The molecule has 1 aliphatic heterocycles. The quantitative estimate of drug-likeness (QED) is 0.512. The van der Waals surface area contributed by atoms with Gasteiger partial charge in [0.05, 0.1) is 37.8 Å². The second-order valence-corrected chi connectivity index (χ2v) is 3.26.